The molecule has 1 aromatic heterocycles. The fraction of sp³-hybridized carbons (Fsp3) is 0.533. The molecular formula is C15H17F2N3O2. The van der Waals surface area contributed by atoms with Gasteiger partial charge in [-0.25, -0.2) is 13.8 Å². The van der Waals surface area contributed by atoms with E-state index in [9.17, 15) is 18.4 Å². The van der Waals surface area contributed by atoms with Crippen LogP contribution < -0.4 is 5.73 Å². The summed E-state index contributed by atoms with van der Waals surface area (Å²) >= 11 is 0. The lowest BCUT2D eigenvalue weighted by Crippen LogP contribution is -2.59. The molecule has 2 atom stereocenters. The molecule has 1 aliphatic carbocycles. The van der Waals surface area contributed by atoms with Gasteiger partial charge in [0.15, 0.2) is 11.5 Å². The first-order valence-corrected chi connectivity index (χ1v) is 7.08. The molecule has 0 unspecified atom stereocenters. The fourth-order valence-electron chi connectivity index (χ4n) is 4.10. The number of aromatic nitrogens is 1. The Bertz CT molecular complexity index is 677. The van der Waals surface area contributed by atoms with Gasteiger partial charge in [-0.2, -0.15) is 0 Å². The Morgan fingerprint density at radius 2 is 2.09 bits per heavy atom. The van der Waals surface area contributed by atoms with Gasteiger partial charge in [0.1, 0.15) is 5.82 Å². The van der Waals surface area contributed by atoms with E-state index in [0.717, 1.165) is 6.20 Å². The fourth-order valence-corrected chi connectivity index (χ4v) is 4.10. The van der Waals surface area contributed by atoms with Crippen molar-refractivity contribution in [3.05, 3.63) is 29.6 Å². The highest BCUT2D eigenvalue weighted by molar-refractivity contribution is 5.94. The number of fused-ring (bicyclic) bond motifs is 1. The Morgan fingerprint density at radius 3 is 2.59 bits per heavy atom. The molecule has 5 nitrogen and oxygen atoms in total. The molecule has 1 saturated heterocycles. The van der Waals surface area contributed by atoms with Crippen LogP contribution in [0.3, 0.4) is 0 Å². The maximum Gasteiger partial charge on any atom is 0.275 e. The lowest BCUT2D eigenvalue weighted by atomic mass is 9.48. The summed E-state index contributed by atoms with van der Waals surface area (Å²) in [6.07, 6.45) is 1.40. The molecule has 2 N–H and O–H groups in total. The molecule has 0 spiro atoms. The minimum atomic E-state index is -1.00. The molecule has 7 heteroatoms. The molecule has 0 bridgehead atoms. The predicted octanol–water partition coefficient (Wildman–Crippen LogP) is 1.33. The zero-order valence-electron chi connectivity index (χ0n) is 12.4. The van der Waals surface area contributed by atoms with E-state index in [2.05, 4.69) is 4.98 Å². The predicted molar refractivity (Wildman–Crippen MR) is 73.6 cm³/mol. The Balaban J connectivity index is 1.88. The highest BCUT2D eigenvalue weighted by atomic mass is 19.1. The molecule has 3 rings (SSSR count). The van der Waals surface area contributed by atoms with Crippen LogP contribution in [0.4, 0.5) is 8.78 Å². The normalized spacial score (nSPS) is 28.9. The number of hydrogen-bond acceptors (Lipinski definition) is 3. The number of rotatable bonds is 2. The summed E-state index contributed by atoms with van der Waals surface area (Å²) in [6.45, 7) is 4.52. The highest BCUT2D eigenvalue weighted by Crippen LogP contribution is 2.62. The largest absolute Gasteiger partial charge is 0.369 e. The third-order valence-electron chi connectivity index (χ3n) is 5.05. The third kappa shape index (κ3) is 1.91. The van der Waals surface area contributed by atoms with Crippen LogP contribution in [0.25, 0.3) is 0 Å². The van der Waals surface area contributed by atoms with Gasteiger partial charge in [-0.15, -0.1) is 0 Å². The molecule has 2 amide bonds. The number of nitrogens with two attached hydrogens (primary N) is 1. The van der Waals surface area contributed by atoms with Crippen molar-refractivity contribution in [2.45, 2.75) is 20.3 Å². The van der Waals surface area contributed by atoms with Crippen LogP contribution >= 0.6 is 0 Å². The Morgan fingerprint density at radius 1 is 1.41 bits per heavy atom. The van der Waals surface area contributed by atoms with Crippen LogP contribution in [-0.2, 0) is 4.79 Å². The topological polar surface area (TPSA) is 76.3 Å². The summed E-state index contributed by atoms with van der Waals surface area (Å²) in [4.78, 5) is 29.2. The van der Waals surface area contributed by atoms with Gasteiger partial charge in [-0.05, 0) is 17.8 Å². The van der Waals surface area contributed by atoms with Crippen LogP contribution in [-0.4, -0.2) is 34.8 Å². The molecule has 0 radical (unpaired) electrons. The monoisotopic (exact) mass is 309 g/mol. The third-order valence-corrected chi connectivity index (χ3v) is 5.05. The second kappa shape index (κ2) is 4.47. The van der Waals surface area contributed by atoms with Crippen molar-refractivity contribution in [3.63, 3.8) is 0 Å². The Labute approximate surface area is 126 Å². The summed E-state index contributed by atoms with van der Waals surface area (Å²) in [5.41, 5.74) is 4.26. The summed E-state index contributed by atoms with van der Waals surface area (Å²) in [7, 11) is 0. The van der Waals surface area contributed by atoms with Crippen LogP contribution in [0.1, 0.15) is 30.8 Å². The second-order valence-electron chi connectivity index (χ2n) is 6.91. The van der Waals surface area contributed by atoms with Crippen LogP contribution in [0, 0.1) is 28.4 Å². The van der Waals surface area contributed by atoms with Crippen molar-refractivity contribution in [3.8, 4) is 0 Å². The Kier molecular flexibility index (Phi) is 3.02. The maximum absolute atomic E-state index is 13.7. The van der Waals surface area contributed by atoms with Gasteiger partial charge in [0, 0.05) is 19.2 Å². The first-order chi connectivity index (χ1) is 10.2. The van der Waals surface area contributed by atoms with E-state index in [4.69, 9.17) is 5.73 Å². The number of amides is 2. The molecule has 2 fully saturated rings. The van der Waals surface area contributed by atoms with Gasteiger partial charge in [0.05, 0.1) is 11.6 Å². The number of pyridine rings is 1. The molecule has 118 valence electrons. The quantitative estimate of drug-likeness (QED) is 0.895. The minimum absolute atomic E-state index is 0.0510. The van der Waals surface area contributed by atoms with Gasteiger partial charge in [-0.3, -0.25) is 9.59 Å². The van der Waals surface area contributed by atoms with Crippen LogP contribution in [0.15, 0.2) is 12.3 Å². The van der Waals surface area contributed by atoms with E-state index in [1.54, 1.807) is 0 Å². The lowest BCUT2D eigenvalue weighted by molar-refractivity contribution is -0.148. The van der Waals surface area contributed by atoms with Crippen molar-refractivity contribution in [2.75, 3.05) is 13.1 Å². The van der Waals surface area contributed by atoms with E-state index in [0.29, 0.717) is 19.0 Å². The van der Waals surface area contributed by atoms with Crippen LogP contribution in [0.2, 0.25) is 0 Å². The van der Waals surface area contributed by atoms with E-state index in [-0.39, 0.29) is 17.9 Å². The smallest absolute Gasteiger partial charge is 0.275 e. The van der Waals surface area contributed by atoms with Gasteiger partial charge in [0.25, 0.3) is 5.91 Å². The number of nitrogens with zero attached hydrogens (tertiary/aromatic N) is 2. The number of likely N-dealkylation sites (tertiary alicyclic amines) is 1. The number of primary amides is 1. The molecule has 2 aliphatic rings. The first-order valence-electron chi connectivity index (χ1n) is 7.08. The van der Waals surface area contributed by atoms with Crippen molar-refractivity contribution in [1.29, 1.82) is 0 Å². The highest BCUT2D eigenvalue weighted by Gasteiger charge is 2.66. The number of hydrogen-bond donors (Lipinski definition) is 1. The van der Waals surface area contributed by atoms with Gasteiger partial charge in [0.2, 0.25) is 5.91 Å². The first kappa shape index (κ1) is 14.9. The molecule has 0 aromatic carbocycles. The molecule has 1 saturated carbocycles. The van der Waals surface area contributed by atoms with Crippen molar-refractivity contribution < 1.29 is 18.4 Å². The average molecular weight is 309 g/mol. The molecule has 2 heterocycles. The summed E-state index contributed by atoms with van der Waals surface area (Å²) in [5, 5.41) is 0. The van der Waals surface area contributed by atoms with E-state index in [1.807, 2.05) is 13.8 Å². The van der Waals surface area contributed by atoms with E-state index < -0.39 is 34.6 Å². The molecular weight excluding hydrogens is 292 g/mol. The zero-order valence-corrected chi connectivity index (χ0v) is 12.4. The summed E-state index contributed by atoms with van der Waals surface area (Å²) in [5.74, 6) is -2.96. The second-order valence-corrected chi connectivity index (χ2v) is 6.91. The summed E-state index contributed by atoms with van der Waals surface area (Å²) < 4.78 is 26.6. The Hall–Kier alpha value is -2.05. The average Bonchev–Trinajstić information content (AvgIpc) is 2.74. The van der Waals surface area contributed by atoms with Crippen molar-refractivity contribution in [1.82, 2.24) is 9.88 Å². The van der Waals surface area contributed by atoms with Crippen molar-refractivity contribution in [2.24, 2.45) is 22.5 Å². The van der Waals surface area contributed by atoms with Gasteiger partial charge < -0.3 is 10.6 Å². The van der Waals surface area contributed by atoms with E-state index in [1.165, 1.54) is 4.90 Å². The SMILES string of the molecule is CC1(C)C[C@]2(C(N)=O)CN(C(=O)c3ncc(F)cc3F)C[C@H]12. The minimum Gasteiger partial charge on any atom is -0.369 e. The zero-order chi connectivity index (χ0) is 16.3. The molecule has 22 heavy (non-hydrogen) atoms. The van der Waals surface area contributed by atoms with E-state index >= 15 is 0 Å². The standard InChI is InChI=1S/C15H17F2N3O2/c1-14(2)6-15(13(18)22)7-20(5-10(14)15)12(21)11-9(17)3-8(16)4-19-11/h3-4,10H,5-7H2,1-2H3,(H2,18,22)/t10-,15+/m1/s1. The number of halogens is 2. The summed E-state index contributed by atoms with van der Waals surface area (Å²) in [6, 6.07) is 0.624. The number of carbonyl (C=O) groups excluding carboxylic acids is 2. The van der Waals surface area contributed by atoms with Gasteiger partial charge >= 0.3 is 0 Å². The number of carbonyl (C=O) groups is 2. The van der Waals surface area contributed by atoms with Crippen molar-refractivity contribution >= 4 is 11.8 Å². The molecule has 1 aromatic rings. The van der Waals surface area contributed by atoms with Gasteiger partial charge in [-0.1, -0.05) is 13.8 Å². The maximum atomic E-state index is 13.7. The van der Waals surface area contributed by atoms with Crippen LogP contribution in [0.5, 0.6) is 0 Å². The lowest BCUT2D eigenvalue weighted by Gasteiger charge is -2.54. The molecule has 1 aliphatic heterocycles.